The zero-order valence-electron chi connectivity index (χ0n) is 9.83. The minimum absolute atomic E-state index is 0.252. The first-order valence-electron chi connectivity index (χ1n) is 6.06. The van der Waals surface area contributed by atoms with Gasteiger partial charge in [-0.1, -0.05) is 23.7 Å². The van der Waals surface area contributed by atoms with Crippen LogP contribution >= 0.6 is 11.6 Å². The molecule has 94 valence electrons. The van der Waals surface area contributed by atoms with Crippen molar-refractivity contribution in [2.45, 2.75) is 19.4 Å². The fourth-order valence-electron chi connectivity index (χ4n) is 2.40. The Morgan fingerprint density at radius 2 is 2.29 bits per heavy atom. The summed E-state index contributed by atoms with van der Waals surface area (Å²) in [4.78, 5) is 2.31. The second kappa shape index (κ2) is 5.80. The maximum atomic E-state index is 13.3. The summed E-state index contributed by atoms with van der Waals surface area (Å²) in [5.41, 5.74) is 6.57. The van der Waals surface area contributed by atoms with Gasteiger partial charge in [0.05, 0.1) is 5.02 Å². The van der Waals surface area contributed by atoms with Crippen LogP contribution in [-0.2, 0) is 6.54 Å². The molecule has 1 fully saturated rings. The van der Waals surface area contributed by atoms with Crippen molar-refractivity contribution in [2.24, 2.45) is 11.7 Å². The van der Waals surface area contributed by atoms with E-state index in [0.29, 0.717) is 12.5 Å². The highest BCUT2D eigenvalue weighted by Crippen LogP contribution is 2.23. The first-order chi connectivity index (χ1) is 8.20. The van der Waals surface area contributed by atoms with Gasteiger partial charge < -0.3 is 5.73 Å². The topological polar surface area (TPSA) is 29.3 Å². The first-order valence-corrected chi connectivity index (χ1v) is 6.44. The summed E-state index contributed by atoms with van der Waals surface area (Å²) in [5.74, 6) is 0.229. The van der Waals surface area contributed by atoms with Crippen LogP contribution in [0.15, 0.2) is 18.2 Å². The molecule has 17 heavy (non-hydrogen) atoms. The smallest absolute Gasteiger partial charge is 0.142 e. The predicted molar refractivity (Wildman–Crippen MR) is 68.5 cm³/mol. The Morgan fingerprint density at radius 1 is 1.47 bits per heavy atom. The van der Waals surface area contributed by atoms with Gasteiger partial charge >= 0.3 is 0 Å². The van der Waals surface area contributed by atoms with Gasteiger partial charge in [-0.3, -0.25) is 4.90 Å². The van der Waals surface area contributed by atoms with Crippen LogP contribution in [0, 0.1) is 11.7 Å². The van der Waals surface area contributed by atoms with Gasteiger partial charge in [0, 0.05) is 13.1 Å². The molecule has 1 unspecified atom stereocenters. The van der Waals surface area contributed by atoms with Crippen molar-refractivity contribution in [3.05, 3.63) is 34.6 Å². The molecule has 0 aliphatic carbocycles. The molecule has 2 N–H and O–H groups in total. The number of halogens is 2. The van der Waals surface area contributed by atoms with Gasteiger partial charge in [0.1, 0.15) is 5.82 Å². The average molecular weight is 257 g/mol. The van der Waals surface area contributed by atoms with E-state index < -0.39 is 0 Å². The second-order valence-electron chi connectivity index (χ2n) is 4.69. The summed E-state index contributed by atoms with van der Waals surface area (Å²) in [6.07, 6.45) is 2.36. The van der Waals surface area contributed by atoms with E-state index in [9.17, 15) is 4.39 Å². The van der Waals surface area contributed by atoms with Crippen molar-refractivity contribution in [1.29, 1.82) is 0 Å². The highest BCUT2D eigenvalue weighted by Gasteiger charge is 2.19. The molecule has 1 heterocycles. The molecule has 0 aromatic heterocycles. The molecule has 1 saturated heterocycles. The lowest BCUT2D eigenvalue weighted by Crippen LogP contribution is -2.37. The monoisotopic (exact) mass is 256 g/mol. The number of hydrogen-bond donors (Lipinski definition) is 1. The van der Waals surface area contributed by atoms with Gasteiger partial charge in [-0.15, -0.1) is 0 Å². The van der Waals surface area contributed by atoms with E-state index in [1.54, 1.807) is 6.07 Å². The Balaban J connectivity index is 2.02. The number of benzene rings is 1. The molecule has 4 heteroatoms. The van der Waals surface area contributed by atoms with Crippen molar-refractivity contribution in [3.63, 3.8) is 0 Å². The third-order valence-corrected chi connectivity index (χ3v) is 3.79. The second-order valence-corrected chi connectivity index (χ2v) is 5.07. The Kier molecular flexibility index (Phi) is 4.37. The van der Waals surface area contributed by atoms with E-state index in [1.165, 1.54) is 12.5 Å². The fraction of sp³-hybridized carbons (Fsp3) is 0.538. The lowest BCUT2D eigenvalue weighted by Gasteiger charge is -2.32. The minimum atomic E-state index is -0.337. The SMILES string of the molecule is NCC1CCCN(Cc2cccc(F)c2Cl)C1. The van der Waals surface area contributed by atoms with Gasteiger partial charge in [0.25, 0.3) is 0 Å². The van der Waals surface area contributed by atoms with Crippen molar-refractivity contribution >= 4 is 11.6 Å². The van der Waals surface area contributed by atoms with Crippen molar-refractivity contribution in [3.8, 4) is 0 Å². The summed E-state index contributed by atoms with van der Waals surface area (Å²) in [7, 11) is 0. The molecule has 0 amide bonds. The van der Waals surface area contributed by atoms with Gasteiger partial charge in [-0.05, 0) is 43.5 Å². The summed E-state index contributed by atoms with van der Waals surface area (Å²) >= 11 is 5.96. The molecule has 0 spiro atoms. The van der Waals surface area contributed by atoms with Crippen LogP contribution in [0.4, 0.5) is 4.39 Å². The van der Waals surface area contributed by atoms with Crippen LogP contribution in [0.5, 0.6) is 0 Å². The van der Waals surface area contributed by atoms with Crippen LogP contribution in [0.1, 0.15) is 18.4 Å². The van der Waals surface area contributed by atoms with Gasteiger partial charge in [-0.2, -0.15) is 0 Å². The first kappa shape index (κ1) is 12.8. The highest BCUT2D eigenvalue weighted by molar-refractivity contribution is 6.31. The molecule has 1 aromatic rings. The number of nitrogens with zero attached hydrogens (tertiary/aromatic N) is 1. The van der Waals surface area contributed by atoms with Crippen molar-refractivity contribution < 1.29 is 4.39 Å². The number of nitrogens with two attached hydrogens (primary N) is 1. The van der Waals surface area contributed by atoms with Crippen molar-refractivity contribution in [1.82, 2.24) is 4.90 Å². The normalized spacial score (nSPS) is 21.7. The van der Waals surface area contributed by atoms with Crippen LogP contribution in [0.3, 0.4) is 0 Å². The van der Waals surface area contributed by atoms with E-state index in [0.717, 1.165) is 31.6 Å². The van der Waals surface area contributed by atoms with Gasteiger partial charge in [0.15, 0.2) is 0 Å². The van der Waals surface area contributed by atoms with Gasteiger partial charge in [0.2, 0.25) is 0 Å². The Hall–Kier alpha value is -0.640. The molecule has 0 saturated carbocycles. The largest absolute Gasteiger partial charge is 0.330 e. The maximum absolute atomic E-state index is 13.3. The zero-order chi connectivity index (χ0) is 12.3. The molecule has 1 aliphatic heterocycles. The summed E-state index contributed by atoms with van der Waals surface area (Å²) in [6.45, 7) is 3.48. The van der Waals surface area contributed by atoms with Crippen LogP contribution in [0.2, 0.25) is 5.02 Å². The molecule has 0 radical (unpaired) electrons. The number of piperidine rings is 1. The molecule has 2 rings (SSSR count). The Morgan fingerprint density at radius 3 is 3.06 bits per heavy atom. The lowest BCUT2D eigenvalue weighted by molar-refractivity contribution is 0.171. The summed E-state index contributed by atoms with van der Waals surface area (Å²) in [5, 5.41) is 0.252. The van der Waals surface area contributed by atoms with Crippen LogP contribution < -0.4 is 5.73 Å². The minimum Gasteiger partial charge on any atom is -0.330 e. The number of rotatable bonds is 3. The molecule has 0 bridgehead atoms. The molecule has 2 nitrogen and oxygen atoms in total. The summed E-state index contributed by atoms with van der Waals surface area (Å²) < 4.78 is 13.3. The third kappa shape index (κ3) is 3.18. The predicted octanol–water partition coefficient (Wildman–Crippen LogP) is 2.65. The average Bonchev–Trinajstić information content (AvgIpc) is 2.35. The molecular formula is C13H18ClFN2. The van der Waals surface area contributed by atoms with Crippen LogP contribution in [0.25, 0.3) is 0 Å². The maximum Gasteiger partial charge on any atom is 0.142 e. The van der Waals surface area contributed by atoms with E-state index >= 15 is 0 Å². The lowest BCUT2D eigenvalue weighted by atomic mass is 9.98. The number of likely N-dealkylation sites (tertiary alicyclic amines) is 1. The Labute approximate surface area is 107 Å². The number of hydrogen-bond acceptors (Lipinski definition) is 2. The zero-order valence-corrected chi connectivity index (χ0v) is 10.6. The third-order valence-electron chi connectivity index (χ3n) is 3.36. The van der Waals surface area contributed by atoms with Crippen LogP contribution in [-0.4, -0.2) is 24.5 Å². The van der Waals surface area contributed by atoms with E-state index in [4.69, 9.17) is 17.3 Å². The highest BCUT2D eigenvalue weighted by atomic mass is 35.5. The molecule has 1 aliphatic rings. The Bertz CT molecular complexity index is 384. The van der Waals surface area contributed by atoms with E-state index in [1.807, 2.05) is 6.07 Å². The van der Waals surface area contributed by atoms with Gasteiger partial charge in [-0.25, -0.2) is 4.39 Å². The fourth-order valence-corrected chi connectivity index (χ4v) is 2.58. The molecule has 1 atom stereocenters. The summed E-state index contributed by atoms with van der Waals surface area (Å²) in [6, 6.07) is 4.99. The molecule has 1 aromatic carbocycles. The standard InChI is InChI=1S/C13H18ClFN2/c14-13-11(4-1-5-12(13)15)9-17-6-2-3-10(7-16)8-17/h1,4-5,10H,2-3,6-9,16H2. The van der Waals surface area contributed by atoms with E-state index in [2.05, 4.69) is 4.90 Å². The van der Waals surface area contributed by atoms with E-state index in [-0.39, 0.29) is 10.8 Å². The quantitative estimate of drug-likeness (QED) is 0.901. The molecular weight excluding hydrogens is 239 g/mol. The van der Waals surface area contributed by atoms with Crippen molar-refractivity contribution in [2.75, 3.05) is 19.6 Å².